The molecule has 4 heteroatoms. The Morgan fingerprint density at radius 2 is 0.796 bits per heavy atom. The van der Waals surface area contributed by atoms with Gasteiger partial charge < -0.3 is 22.9 Å². The minimum Gasteiger partial charge on any atom is -0.330 e. The standard InChI is InChI=1S/C45H88N4/c1-2-3-4-5-6-7-12-24-38(37-47)25-21-22-34-43(35-23-36-46,44(48,39-26-13-8-14-27-39)40-28-15-9-16-29-40)45(49,41-30-17-10-18-31-41)42-32-19-11-20-33-42/h38-42H,2-37,46-49H2,1H3. The molecule has 0 aromatic carbocycles. The lowest BCUT2D eigenvalue weighted by atomic mass is 9.40. The van der Waals surface area contributed by atoms with Gasteiger partial charge in [-0.2, -0.15) is 0 Å². The Morgan fingerprint density at radius 3 is 1.16 bits per heavy atom. The molecule has 4 fully saturated rings. The Bertz CT molecular complexity index is 751. The minimum absolute atomic E-state index is 0.0376. The number of nitrogens with two attached hydrogens (primary N) is 4. The molecule has 4 nitrogen and oxygen atoms in total. The maximum atomic E-state index is 8.62. The van der Waals surface area contributed by atoms with Crippen LogP contribution in [0.1, 0.15) is 225 Å². The van der Waals surface area contributed by atoms with Crippen molar-refractivity contribution >= 4 is 0 Å². The molecule has 0 amide bonds. The van der Waals surface area contributed by atoms with E-state index in [9.17, 15) is 0 Å². The van der Waals surface area contributed by atoms with Gasteiger partial charge in [-0.15, -0.1) is 0 Å². The van der Waals surface area contributed by atoms with Gasteiger partial charge in [-0.1, -0.05) is 142 Å². The lowest BCUT2D eigenvalue weighted by molar-refractivity contribution is -0.133. The van der Waals surface area contributed by atoms with Crippen LogP contribution in [-0.4, -0.2) is 24.2 Å². The third-order valence-corrected chi connectivity index (χ3v) is 15.6. The van der Waals surface area contributed by atoms with E-state index in [1.807, 2.05) is 0 Å². The van der Waals surface area contributed by atoms with Crippen molar-refractivity contribution in [3.05, 3.63) is 0 Å². The van der Waals surface area contributed by atoms with E-state index in [2.05, 4.69) is 6.92 Å². The fraction of sp³-hybridized carbons (Fsp3) is 1.00. The monoisotopic (exact) mass is 685 g/mol. The average molecular weight is 685 g/mol. The van der Waals surface area contributed by atoms with Crippen molar-refractivity contribution in [3.8, 4) is 0 Å². The van der Waals surface area contributed by atoms with Gasteiger partial charge in [-0.3, -0.25) is 0 Å². The Hall–Kier alpha value is -0.160. The summed E-state index contributed by atoms with van der Waals surface area (Å²) in [6, 6.07) is 0. The van der Waals surface area contributed by atoms with E-state index in [0.717, 1.165) is 25.9 Å². The highest BCUT2D eigenvalue weighted by Crippen LogP contribution is 2.64. The molecule has 1 unspecified atom stereocenters. The van der Waals surface area contributed by atoms with E-state index in [1.165, 1.54) is 205 Å². The van der Waals surface area contributed by atoms with Crippen LogP contribution in [0, 0.1) is 35.0 Å². The maximum Gasteiger partial charge on any atom is 0.0286 e. The van der Waals surface area contributed by atoms with Gasteiger partial charge >= 0.3 is 0 Å². The summed E-state index contributed by atoms with van der Waals surface area (Å²) >= 11 is 0. The minimum atomic E-state index is -0.183. The largest absolute Gasteiger partial charge is 0.330 e. The topological polar surface area (TPSA) is 104 Å². The second-order valence-corrected chi connectivity index (χ2v) is 18.4. The lowest BCUT2D eigenvalue weighted by Gasteiger charge is -2.68. The number of hydrogen-bond acceptors (Lipinski definition) is 4. The van der Waals surface area contributed by atoms with Crippen LogP contribution in [0.25, 0.3) is 0 Å². The highest BCUT2D eigenvalue weighted by molar-refractivity contribution is 5.22. The molecular formula is C45H88N4. The predicted octanol–water partition coefficient (Wildman–Crippen LogP) is 11.7. The van der Waals surface area contributed by atoms with E-state index in [1.54, 1.807) is 0 Å². The van der Waals surface area contributed by atoms with Gasteiger partial charge in [0.05, 0.1) is 0 Å². The Kier molecular flexibility index (Phi) is 18.8. The molecule has 4 aliphatic carbocycles. The highest BCUT2D eigenvalue weighted by Gasteiger charge is 2.67. The van der Waals surface area contributed by atoms with E-state index in [0.29, 0.717) is 29.6 Å². The Labute approximate surface area is 306 Å². The van der Waals surface area contributed by atoms with Crippen molar-refractivity contribution in [2.75, 3.05) is 13.1 Å². The van der Waals surface area contributed by atoms with Crippen LogP contribution in [-0.2, 0) is 0 Å². The fourth-order valence-electron chi connectivity index (χ4n) is 13.0. The normalized spacial score (nSPS) is 22.5. The molecule has 0 aromatic rings. The first-order valence-electron chi connectivity index (χ1n) is 23.0. The molecule has 0 spiro atoms. The van der Waals surface area contributed by atoms with Gasteiger partial charge in [-0.05, 0) is 126 Å². The van der Waals surface area contributed by atoms with E-state index in [4.69, 9.17) is 22.9 Å². The molecule has 0 radical (unpaired) electrons. The number of unbranched alkanes of at least 4 members (excludes halogenated alkanes) is 7. The van der Waals surface area contributed by atoms with Crippen molar-refractivity contribution in [2.24, 2.45) is 57.9 Å². The first kappa shape index (κ1) is 41.6. The van der Waals surface area contributed by atoms with Crippen LogP contribution in [0.4, 0.5) is 0 Å². The lowest BCUT2D eigenvalue weighted by Crippen LogP contribution is -2.78. The van der Waals surface area contributed by atoms with Gasteiger partial charge in [0, 0.05) is 16.5 Å². The molecule has 8 N–H and O–H groups in total. The first-order chi connectivity index (χ1) is 24.0. The van der Waals surface area contributed by atoms with E-state index < -0.39 is 0 Å². The van der Waals surface area contributed by atoms with Gasteiger partial charge in [0.25, 0.3) is 0 Å². The summed E-state index contributed by atoms with van der Waals surface area (Å²) in [5, 5.41) is 0. The molecular weight excluding hydrogens is 597 g/mol. The summed E-state index contributed by atoms with van der Waals surface area (Å²) in [7, 11) is 0. The molecule has 4 aliphatic rings. The first-order valence-corrected chi connectivity index (χ1v) is 23.0. The van der Waals surface area contributed by atoms with Gasteiger partial charge in [0.1, 0.15) is 0 Å². The zero-order valence-electron chi connectivity index (χ0n) is 33.2. The molecule has 0 aliphatic heterocycles. The average Bonchev–Trinajstić information content (AvgIpc) is 3.17. The summed E-state index contributed by atoms with van der Waals surface area (Å²) in [6.45, 7) is 3.93. The molecule has 4 rings (SSSR count). The van der Waals surface area contributed by atoms with Gasteiger partial charge in [0.15, 0.2) is 0 Å². The van der Waals surface area contributed by atoms with E-state index >= 15 is 0 Å². The molecule has 288 valence electrons. The second kappa shape index (κ2) is 22.1. The Balaban J connectivity index is 1.67. The molecule has 0 aromatic heterocycles. The molecule has 0 bridgehead atoms. The van der Waals surface area contributed by atoms with Crippen LogP contribution in [0.15, 0.2) is 0 Å². The van der Waals surface area contributed by atoms with E-state index in [-0.39, 0.29) is 16.5 Å². The van der Waals surface area contributed by atoms with Crippen LogP contribution < -0.4 is 22.9 Å². The summed E-state index contributed by atoms with van der Waals surface area (Å²) in [5.41, 5.74) is 29.8. The zero-order chi connectivity index (χ0) is 34.8. The van der Waals surface area contributed by atoms with Crippen molar-refractivity contribution in [2.45, 2.75) is 236 Å². The van der Waals surface area contributed by atoms with Crippen molar-refractivity contribution < 1.29 is 0 Å². The third-order valence-electron chi connectivity index (χ3n) is 15.6. The van der Waals surface area contributed by atoms with Crippen LogP contribution in [0.3, 0.4) is 0 Å². The molecule has 1 atom stereocenters. The van der Waals surface area contributed by atoms with Crippen LogP contribution in [0.5, 0.6) is 0 Å². The molecule has 49 heavy (non-hydrogen) atoms. The van der Waals surface area contributed by atoms with Crippen molar-refractivity contribution in [3.63, 3.8) is 0 Å². The van der Waals surface area contributed by atoms with Crippen molar-refractivity contribution in [1.29, 1.82) is 0 Å². The van der Waals surface area contributed by atoms with Gasteiger partial charge in [-0.25, -0.2) is 0 Å². The summed E-state index contributed by atoms with van der Waals surface area (Å²) in [5.74, 6) is 3.14. The number of rotatable bonds is 23. The van der Waals surface area contributed by atoms with Gasteiger partial charge in [0.2, 0.25) is 0 Å². The van der Waals surface area contributed by atoms with Crippen LogP contribution in [0.2, 0.25) is 0 Å². The second-order valence-electron chi connectivity index (χ2n) is 18.4. The maximum absolute atomic E-state index is 8.62. The summed E-state index contributed by atoms with van der Waals surface area (Å²) in [6.07, 6.45) is 45.5. The van der Waals surface area contributed by atoms with Crippen LogP contribution >= 0.6 is 0 Å². The summed E-state index contributed by atoms with van der Waals surface area (Å²) in [4.78, 5) is 0. The Morgan fingerprint density at radius 1 is 0.449 bits per heavy atom. The predicted molar refractivity (Wildman–Crippen MR) is 214 cm³/mol. The SMILES string of the molecule is CCCCCCCCCC(CN)CCCCC(CCCN)(C(N)(C1CCCCC1)C1CCCCC1)C(N)(C1CCCCC1)C1CCCCC1. The molecule has 0 heterocycles. The molecule has 0 saturated heterocycles. The fourth-order valence-corrected chi connectivity index (χ4v) is 13.0. The van der Waals surface area contributed by atoms with Crippen molar-refractivity contribution in [1.82, 2.24) is 0 Å². The zero-order valence-corrected chi connectivity index (χ0v) is 33.2. The smallest absolute Gasteiger partial charge is 0.0286 e. The quantitative estimate of drug-likeness (QED) is 0.0804. The third kappa shape index (κ3) is 10.5. The molecule has 4 saturated carbocycles. The number of hydrogen-bond donors (Lipinski definition) is 4. The summed E-state index contributed by atoms with van der Waals surface area (Å²) < 4.78 is 0. The highest BCUT2D eigenvalue weighted by atomic mass is 15.0.